The first kappa shape index (κ1) is 18.6. The van der Waals surface area contributed by atoms with Crippen LogP contribution in [0.2, 0.25) is 0 Å². The lowest BCUT2D eigenvalue weighted by Crippen LogP contribution is -2.37. The maximum atomic E-state index is 13.1. The van der Waals surface area contributed by atoms with Crippen molar-refractivity contribution in [2.75, 3.05) is 13.1 Å². The molecule has 0 bridgehead atoms. The minimum absolute atomic E-state index is 0.105. The second-order valence-corrected chi connectivity index (χ2v) is 8.13. The van der Waals surface area contributed by atoms with Gasteiger partial charge in [-0.3, -0.25) is 9.36 Å². The van der Waals surface area contributed by atoms with E-state index in [1.807, 2.05) is 35.5 Å². The van der Waals surface area contributed by atoms with Crippen molar-refractivity contribution in [2.24, 2.45) is 0 Å². The number of benzene rings is 3. The molecule has 150 valence electrons. The van der Waals surface area contributed by atoms with E-state index in [1.54, 1.807) is 0 Å². The summed E-state index contributed by atoms with van der Waals surface area (Å²) in [5.74, 6) is 0.649. The van der Waals surface area contributed by atoms with Crippen molar-refractivity contribution in [3.8, 4) is 5.69 Å². The lowest BCUT2D eigenvalue weighted by Gasteiger charge is -2.32. The third kappa shape index (κ3) is 3.50. The van der Waals surface area contributed by atoms with Crippen LogP contribution in [0.25, 0.3) is 16.7 Å². The summed E-state index contributed by atoms with van der Waals surface area (Å²) in [6.45, 7) is 3.68. The number of aromatic nitrogens is 2. The average molecular weight is 396 g/mol. The summed E-state index contributed by atoms with van der Waals surface area (Å²) in [6, 6.07) is 24.8. The van der Waals surface area contributed by atoms with Crippen LogP contribution in [0.5, 0.6) is 0 Å². The number of carbonyl (C=O) groups excluding carboxylic acids is 1. The summed E-state index contributed by atoms with van der Waals surface area (Å²) in [5, 5.41) is 0. The molecule has 1 fully saturated rings. The number of carbonyl (C=O) groups is 1. The lowest BCUT2D eigenvalue weighted by atomic mass is 9.89. The molecule has 4 nitrogen and oxygen atoms in total. The Labute approximate surface area is 176 Å². The smallest absolute Gasteiger partial charge is 0.253 e. The van der Waals surface area contributed by atoms with Gasteiger partial charge >= 0.3 is 0 Å². The van der Waals surface area contributed by atoms with E-state index >= 15 is 0 Å². The summed E-state index contributed by atoms with van der Waals surface area (Å²) in [5.41, 5.74) is 6.25. The number of likely N-dealkylation sites (tertiary alicyclic amines) is 1. The van der Waals surface area contributed by atoms with Gasteiger partial charge in [-0.05, 0) is 67.1 Å². The summed E-state index contributed by atoms with van der Waals surface area (Å²) < 4.78 is 2.07. The van der Waals surface area contributed by atoms with Crippen LogP contribution >= 0.6 is 0 Å². The van der Waals surface area contributed by atoms with Gasteiger partial charge in [0, 0.05) is 24.3 Å². The standard InChI is InChI=1S/C26H25N3O/c1-19-6-5-9-23(16-19)29-18-27-24-17-22(10-11-25(24)29)26(30)28-14-12-21(13-15-28)20-7-3-2-4-8-20/h2-11,16-18,21H,12-15H2,1H3. The Bertz CT molecular complexity index is 1190. The van der Waals surface area contributed by atoms with Crippen LogP contribution in [0.1, 0.15) is 40.2 Å². The van der Waals surface area contributed by atoms with Crippen molar-refractivity contribution >= 4 is 16.9 Å². The molecule has 1 aliphatic heterocycles. The number of fused-ring (bicyclic) bond motifs is 1. The molecule has 0 spiro atoms. The normalized spacial score (nSPS) is 14.9. The van der Waals surface area contributed by atoms with E-state index in [-0.39, 0.29) is 5.91 Å². The highest BCUT2D eigenvalue weighted by Gasteiger charge is 2.24. The van der Waals surface area contributed by atoms with Crippen molar-refractivity contribution in [1.82, 2.24) is 14.5 Å². The summed E-state index contributed by atoms with van der Waals surface area (Å²) in [4.78, 5) is 19.6. The average Bonchev–Trinajstić information content (AvgIpc) is 3.23. The van der Waals surface area contributed by atoms with Crippen LogP contribution in [0, 0.1) is 6.92 Å². The second-order valence-electron chi connectivity index (χ2n) is 8.13. The number of hydrogen-bond acceptors (Lipinski definition) is 2. The molecule has 4 heteroatoms. The molecular weight excluding hydrogens is 370 g/mol. The largest absolute Gasteiger partial charge is 0.339 e. The fourth-order valence-electron chi connectivity index (χ4n) is 4.45. The van der Waals surface area contributed by atoms with Gasteiger partial charge in [-0.2, -0.15) is 0 Å². The topological polar surface area (TPSA) is 38.1 Å². The van der Waals surface area contributed by atoms with Crippen LogP contribution in [-0.2, 0) is 0 Å². The molecule has 3 aromatic carbocycles. The first-order chi connectivity index (χ1) is 14.7. The van der Waals surface area contributed by atoms with Crippen molar-refractivity contribution in [3.63, 3.8) is 0 Å². The summed E-state index contributed by atoms with van der Waals surface area (Å²) in [6.07, 6.45) is 3.86. The van der Waals surface area contributed by atoms with Gasteiger partial charge in [-0.15, -0.1) is 0 Å². The van der Waals surface area contributed by atoms with E-state index in [0.717, 1.165) is 48.2 Å². The Morgan fingerprint density at radius 1 is 0.933 bits per heavy atom. The molecule has 0 radical (unpaired) electrons. The number of piperidine rings is 1. The van der Waals surface area contributed by atoms with E-state index in [9.17, 15) is 4.79 Å². The minimum Gasteiger partial charge on any atom is -0.339 e. The van der Waals surface area contributed by atoms with Gasteiger partial charge in [0.15, 0.2) is 0 Å². The monoisotopic (exact) mass is 395 g/mol. The molecule has 0 saturated carbocycles. The van der Waals surface area contributed by atoms with Crippen molar-refractivity contribution < 1.29 is 4.79 Å². The van der Waals surface area contributed by atoms with Crippen LogP contribution in [0.3, 0.4) is 0 Å². The summed E-state index contributed by atoms with van der Waals surface area (Å²) >= 11 is 0. The van der Waals surface area contributed by atoms with Gasteiger partial charge in [-0.25, -0.2) is 4.98 Å². The molecule has 4 aromatic rings. The molecule has 1 saturated heterocycles. The van der Waals surface area contributed by atoms with Gasteiger partial charge in [0.25, 0.3) is 5.91 Å². The molecular formula is C26H25N3O. The predicted octanol–water partition coefficient (Wildman–Crippen LogP) is 5.35. The molecule has 1 amide bonds. The highest BCUT2D eigenvalue weighted by atomic mass is 16.2. The Hall–Kier alpha value is -3.40. The number of aryl methyl sites for hydroxylation is 1. The van der Waals surface area contributed by atoms with Crippen LogP contribution < -0.4 is 0 Å². The Morgan fingerprint density at radius 2 is 1.73 bits per heavy atom. The molecule has 0 unspecified atom stereocenters. The summed E-state index contributed by atoms with van der Waals surface area (Å²) in [7, 11) is 0. The Kier molecular flexibility index (Phi) is 4.83. The zero-order valence-corrected chi connectivity index (χ0v) is 17.2. The van der Waals surface area contributed by atoms with Gasteiger partial charge < -0.3 is 4.90 Å². The molecule has 0 atom stereocenters. The number of rotatable bonds is 3. The predicted molar refractivity (Wildman–Crippen MR) is 120 cm³/mol. The third-order valence-electron chi connectivity index (χ3n) is 6.13. The van der Waals surface area contributed by atoms with E-state index in [0.29, 0.717) is 5.92 Å². The number of hydrogen-bond donors (Lipinski definition) is 0. The maximum Gasteiger partial charge on any atom is 0.253 e. The molecule has 1 aliphatic rings. The van der Waals surface area contributed by atoms with E-state index in [1.165, 1.54) is 11.1 Å². The minimum atomic E-state index is 0.105. The third-order valence-corrected chi connectivity index (χ3v) is 6.13. The number of amides is 1. The van der Waals surface area contributed by atoms with Crippen LogP contribution in [-0.4, -0.2) is 33.4 Å². The molecule has 1 aromatic heterocycles. The first-order valence-corrected chi connectivity index (χ1v) is 10.6. The first-order valence-electron chi connectivity index (χ1n) is 10.6. The quantitative estimate of drug-likeness (QED) is 0.469. The lowest BCUT2D eigenvalue weighted by molar-refractivity contribution is 0.0713. The Morgan fingerprint density at radius 3 is 2.50 bits per heavy atom. The highest BCUT2D eigenvalue weighted by Crippen LogP contribution is 2.29. The highest BCUT2D eigenvalue weighted by molar-refractivity contribution is 5.97. The van der Waals surface area contributed by atoms with Gasteiger partial charge in [0.1, 0.15) is 6.33 Å². The molecule has 5 rings (SSSR count). The van der Waals surface area contributed by atoms with Crippen molar-refractivity contribution in [3.05, 3.63) is 95.8 Å². The molecule has 30 heavy (non-hydrogen) atoms. The zero-order valence-electron chi connectivity index (χ0n) is 17.2. The van der Waals surface area contributed by atoms with E-state index in [2.05, 4.69) is 65.0 Å². The zero-order chi connectivity index (χ0) is 20.5. The Balaban J connectivity index is 1.34. The van der Waals surface area contributed by atoms with Crippen LogP contribution in [0.4, 0.5) is 0 Å². The number of imidazole rings is 1. The van der Waals surface area contributed by atoms with Gasteiger partial charge in [0.2, 0.25) is 0 Å². The fraction of sp³-hybridized carbons (Fsp3) is 0.231. The van der Waals surface area contributed by atoms with Crippen molar-refractivity contribution in [2.45, 2.75) is 25.7 Å². The van der Waals surface area contributed by atoms with Crippen LogP contribution in [0.15, 0.2) is 79.1 Å². The SMILES string of the molecule is Cc1cccc(-n2cnc3cc(C(=O)N4CCC(c5ccccc5)CC4)ccc32)c1. The van der Waals surface area contributed by atoms with E-state index < -0.39 is 0 Å². The fourth-order valence-corrected chi connectivity index (χ4v) is 4.45. The molecule has 2 heterocycles. The van der Waals surface area contributed by atoms with E-state index in [4.69, 9.17) is 0 Å². The maximum absolute atomic E-state index is 13.1. The molecule has 0 N–H and O–H groups in total. The molecule has 0 aliphatic carbocycles. The number of nitrogens with zero attached hydrogens (tertiary/aromatic N) is 3. The van der Waals surface area contributed by atoms with Gasteiger partial charge in [-0.1, -0.05) is 42.5 Å². The van der Waals surface area contributed by atoms with Gasteiger partial charge in [0.05, 0.1) is 11.0 Å². The van der Waals surface area contributed by atoms with Crippen molar-refractivity contribution in [1.29, 1.82) is 0 Å². The second kappa shape index (κ2) is 7.79.